The van der Waals surface area contributed by atoms with Crippen molar-refractivity contribution < 1.29 is 14.3 Å². The van der Waals surface area contributed by atoms with Crippen LogP contribution in [-0.4, -0.2) is 69.2 Å². The summed E-state index contributed by atoms with van der Waals surface area (Å²) < 4.78 is 10.6. The van der Waals surface area contributed by atoms with Crippen molar-refractivity contribution in [2.24, 2.45) is 5.73 Å². The van der Waals surface area contributed by atoms with Crippen molar-refractivity contribution in [1.29, 1.82) is 0 Å². The molecule has 0 aliphatic carbocycles. The van der Waals surface area contributed by atoms with Crippen LogP contribution < -0.4 is 15.2 Å². The fourth-order valence-corrected chi connectivity index (χ4v) is 2.69. The number of rotatable bonds is 4. The van der Waals surface area contributed by atoms with Gasteiger partial charge in [0, 0.05) is 26.2 Å². The zero-order valence-corrected chi connectivity index (χ0v) is 12.8. The average molecular weight is 293 g/mol. The Bertz CT molecular complexity index is 507. The molecule has 1 aliphatic heterocycles. The third-order valence-corrected chi connectivity index (χ3v) is 3.85. The summed E-state index contributed by atoms with van der Waals surface area (Å²) in [6, 6.07) is 5.35. The number of ether oxygens (including phenoxy) is 2. The molecule has 0 saturated carbocycles. The van der Waals surface area contributed by atoms with E-state index in [1.165, 1.54) is 0 Å². The van der Waals surface area contributed by atoms with E-state index < -0.39 is 0 Å². The summed E-state index contributed by atoms with van der Waals surface area (Å²) in [5.74, 6) is 0.968. The number of nitrogens with zero attached hydrogens (tertiary/aromatic N) is 2. The van der Waals surface area contributed by atoms with E-state index in [0.29, 0.717) is 30.2 Å². The summed E-state index contributed by atoms with van der Waals surface area (Å²) in [5.41, 5.74) is 6.34. The second kappa shape index (κ2) is 6.78. The van der Waals surface area contributed by atoms with E-state index in [9.17, 15) is 4.79 Å². The van der Waals surface area contributed by atoms with Crippen molar-refractivity contribution in [3.05, 3.63) is 23.8 Å². The van der Waals surface area contributed by atoms with Gasteiger partial charge in [0.15, 0.2) is 11.5 Å². The van der Waals surface area contributed by atoms with E-state index in [-0.39, 0.29) is 11.9 Å². The van der Waals surface area contributed by atoms with Crippen molar-refractivity contribution in [2.45, 2.75) is 6.04 Å². The highest BCUT2D eigenvalue weighted by Gasteiger charge is 2.30. The van der Waals surface area contributed by atoms with Crippen LogP contribution in [0.1, 0.15) is 10.4 Å². The Kier molecular flexibility index (Phi) is 5.03. The second-order valence-electron chi connectivity index (χ2n) is 5.19. The first kappa shape index (κ1) is 15.6. The molecule has 1 amide bonds. The molecule has 2 N–H and O–H groups in total. The van der Waals surface area contributed by atoms with E-state index in [0.717, 1.165) is 13.1 Å². The Morgan fingerprint density at radius 1 is 1.33 bits per heavy atom. The predicted octanol–water partition coefficient (Wildman–Crippen LogP) is 0.419. The molecule has 0 spiro atoms. The lowest BCUT2D eigenvalue weighted by Crippen LogP contribution is -2.56. The molecule has 1 aliphatic rings. The van der Waals surface area contributed by atoms with Gasteiger partial charge in [-0.2, -0.15) is 0 Å². The van der Waals surface area contributed by atoms with Crippen LogP contribution in [0.5, 0.6) is 11.5 Å². The molecule has 6 nitrogen and oxygen atoms in total. The van der Waals surface area contributed by atoms with Gasteiger partial charge in [0.1, 0.15) is 0 Å². The van der Waals surface area contributed by atoms with E-state index in [2.05, 4.69) is 4.90 Å². The molecule has 2 rings (SSSR count). The van der Waals surface area contributed by atoms with Gasteiger partial charge < -0.3 is 25.0 Å². The molecule has 116 valence electrons. The van der Waals surface area contributed by atoms with E-state index >= 15 is 0 Å². The Morgan fingerprint density at radius 3 is 2.71 bits per heavy atom. The molecule has 1 aromatic carbocycles. The lowest BCUT2D eigenvalue weighted by Gasteiger charge is -2.39. The van der Waals surface area contributed by atoms with Crippen molar-refractivity contribution in [1.82, 2.24) is 9.80 Å². The van der Waals surface area contributed by atoms with Crippen molar-refractivity contribution in [3.8, 4) is 11.5 Å². The predicted molar refractivity (Wildman–Crippen MR) is 80.9 cm³/mol. The number of likely N-dealkylation sites (N-methyl/N-ethyl adjacent to an activating group) is 1. The SMILES string of the molecule is COc1cccc(C(=O)N2CCN(C)CC2CN)c1OC. The van der Waals surface area contributed by atoms with Crippen LogP contribution in [0.25, 0.3) is 0 Å². The number of carbonyl (C=O) groups is 1. The topological polar surface area (TPSA) is 68.0 Å². The molecule has 0 radical (unpaired) electrons. The Morgan fingerprint density at radius 2 is 2.10 bits per heavy atom. The number of hydrogen-bond acceptors (Lipinski definition) is 5. The lowest BCUT2D eigenvalue weighted by atomic mass is 10.1. The van der Waals surface area contributed by atoms with Crippen LogP contribution in [0.3, 0.4) is 0 Å². The minimum absolute atomic E-state index is 0.0205. The number of nitrogens with two attached hydrogens (primary N) is 1. The van der Waals surface area contributed by atoms with Gasteiger partial charge in [-0.3, -0.25) is 4.79 Å². The van der Waals surface area contributed by atoms with Crippen molar-refractivity contribution in [2.75, 3.05) is 47.4 Å². The Labute approximate surface area is 125 Å². The van der Waals surface area contributed by atoms with Gasteiger partial charge >= 0.3 is 0 Å². The highest BCUT2D eigenvalue weighted by molar-refractivity contribution is 5.98. The van der Waals surface area contributed by atoms with Crippen LogP contribution >= 0.6 is 0 Å². The van der Waals surface area contributed by atoms with Crippen molar-refractivity contribution in [3.63, 3.8) is 0 Å². The van der Waals surface area contributed by atoms with Crippen LogP contribution in [0.2, 0.25) is 0 Å². The molecule has 1 saturated heterocycles. The maximum Gasteiger partial charge on any atom is 0.258 e. The molecule has 0 bridgehead atoms. The first-order valence-electron chi connectivity index (χ1n) is 7.03. The molecule has 1 fully saturated rings. The second-order valence-corrected chi connectivity index (χ2v) is 5.19. The van der Waals surface area contributed by atoms with Crippen LogP contribution in [0, 0.1) is 0 Å². The monoisotopic (exact) mass is 293 g/mol. The molecule has 0 aromatic heterocycles. The minimum atomic E-state index is -0.0608. The smallest absolute Gasteiger partial charge is 0.258 e. The van der Waals surface area contributed by atoms with E-state index in [4.69, 9.17) is 15.2 Å². The Hall–Kier alpha value is -1.79. The van der Waals surface area contributed by atoms with Gasteiger partial charge in [-0.25, -0.2) is 0 Å². The number of hydrogen-bond donors (Lipinski definition) is 1. The number of para-hydroxylation sites is 1. The summed E-state index contributed by atoms with van der Waals surface area (Å²) in [5, 5.41) is 0. The van der Waals surface area contributed by atoms with Gasteiger partial charge in [-0.05, 0) is 19.2 Å². The number of methoxy groups -OCH3 is 2. The standard InChI is InChI=1S/C15H23N3O3/c1-17-7-8-18(11(9-16)10-17)15(19)12-5-4-6-13(20-2)14(12)21-3/h4-6,11H,7-10,16H2,1-3H3. The molecule has 1 heterocycles. The number of piperazine rings is 1. The third kappa shape index (κ3) is 3.11. The molecular formula is C15H23N3O3. The maximum atomic E-state index is 12.8. The Balaban J connectivity index is 2.31. The third-order valence-electron chi connectivity index (χ3n) is 3.85. The molecule has 1 unspecified atom stereocenters. The minimum Gasteiger partial charge on any atom is -0.493 e. The van der Waals surface area contributed by atoms with Gasteiger partial charge in [0.25, 0.3) is 5.91 Å². The molecule has 21 heavy (non-hydrogen) atoms. The summed E-state index contributed by atoms with van der Waals surface area (Å²) in [6.45, 7) is 2.74. The summed E-state index contributed by atoms with van der Waals surface area (Å²) in [6.07, 6.45) is 0. The lowest BCUT2D eigenvalue weighted by molar-refractivity contribution is 0.0512. The van der Waals surface area contributed by atoms with Crippen LogP contribution in [0.15, 0.2) is 18.2 Å². The molecular weight excluding hydrogens is 270 g/mol. The largest absolute Gasteiger partial charge is 0.493 e. The summed E-state index contributed by atoms with van der Waals surface area (Å²) in [4.78, 5) is 16.9. The zero-order valence-electron chi connectivity index (χ0n) is 12.8. The van der Waals surface area contributed by atoms with Gasteiger partial charge in [-0.1, -0.05) is 6.07 Å². The van der Waals surface area contributed by atoms with E-state index in [1.54, 1.807) is 32.4 Å². The van der Waals surface area contributed by atoms with Gasteiger partial charge in [0.05, 0.1) is 25.8 Å². The fourth-order valence-electron chi connectivity index (χ4n) is 2.69. The zero-order chi connectivity index (χ0) is 15.4. The van der Waals surface area contributed by atoms with Crippen LogP contribution in [0.4, 0.5) is 0 Å². The molecule has 1 atom stereocenters. The fraction of sp³-hybridized carbons (Fsp3) is 0.533. The first-order chi connectivity index (χ1) is 10.1. The maximum absolute atomic E-state index is 12.8. The van der Waals surface area contributed by atoms with Crippen LogP contribution in [-0.2, 0) is 0 Å². The quantitative estimate of drug-likeness (QED) is 0.871. The van der Waals surface area contributed by atoms with E-state index in [1.807, 2.05) is 11.9 Å². The highest BCUT2D eigenvalue weighted by atomic mass is 16.5. The van der Waals surface area contributed by atoms with Gasteiger partial charge in [-0.15, -0.1) is 0 Å². The highest BCUT2D eigenvalue weighted by Crippen LogP contribution is 2.32. The van der Waals surface area contributed by atoms with Crippen molar-refractivity contribution >= 4 is 5.91 Å². The summed E-state index contributed by atoms with van der Waals surface area (Å²) in [7, 11) is 5.14. The number of carbonyl (C=O) groups excluding carboxylic acids is 1. The average Bonchev–Trinajstić information content (AvgIpc) is 2.53. The molecule has 1 aromatic rings. The normalized spacial score (nSPS) is 19.4. The summed E-state index contributed by atoms with van der Waals surface area (Å²) >= 11 is 0. The first-order valence-corrected chi connectivity index (χ1v) is 7.03. The molecule has 6 heteroatoms. The van der Waals surface area contributed by atoms with Gasteiger partial charge in [0.2, 0.25) is 0 Å². The number of amides is 1. The number of benzene rings is 1.